The zero-order valence-corrected chi connectivity index (χ0v) is 8.79. The molecule has 0 saturated carbocycles. The maximum absolute atomic E-state index is 5.05. The van der Waals surface area contributed by atoms with E-state index < -0.39 is 0 Å². The molecule has 0 aromatic heterocycles. The minimum Gasteiger partial charge on any atom is -0.514 e. The van der Waals surface area contributed by atoms with Crippen molar-refractivity contribution in [1.82, 2.24) is 0 Å². The molecule has 0 saturated heterocycles. The molecule has 0 aliphatic carbocycles. The average molecular weight is 200 g/mol. The van der Waals surface area contributed by atoms with Crippen molar-refractivity contribution in [3.05, 3.63) is 24.4 Å². The van der Waals surface area contributed by atoms with Gasteiger partial charge in [0.1, 0.15) is 0 Å². The topological polar surface area (TPSA) is 36.9 Å². The zero-order valence-electron chi connectivity index (χ0n) is 6.79. The fourth-order valence-corrected chi connectivity index (χ4v) is 1.16. The Balaban J connectivity index is 2.32. The van der Waals surface area contributed by atoms with Crippen molar-refractivity contribution < 1.29 is 18.3 Å². The maximum Gasteiger partial charge on any atom is 0.311 e. The van der Waals surface area contributed by atoms with E-state index in [1.54, 1.807) is 0 Å². The Morgan fingerprint density at radius 2 is 1.42 bits per heavy atom. The van der Waals surface area contributed by atoms with Crippen LogP contribution in [-0.4, -0.2) is 19.5 Å². The molecular weight excluding hydrogens is 192 g/mol. The summed E-state index contributed by atoms with van der Waals surface area (Å²) in [5.74, 6) is 0.727. The first-order valence-electron chi connectivity index (χ1n) is 3.27. The van der Waals surface area contributed by atoms with Crippen molar-refractivity contribution in [2.75, 3.05) is 0 Å². The van der Waals surface area contributed by atoms with Crippen LogP contribution in [0.4, 0.5) is 0 Å². The Morgan fingerprint density at radius 1 is 1.00 bits per heavy atom. The highest BCUT2D eigenvalue weighted by Crippen LogP contribution is 2.12. The second kappa shape index (κ2) is 4.88. The first kappa shape index (κ1) is 9.20. The second-order valence-corrected chi connectivity index (χ2v) is 2.95. The molecule has 6 heteroatoms. The predicted octanol–water partition coefficient (Wildman–Crippen LogP) is 0.999. The summed E-state index contributed by atoms with van der Waals surface area (Å²) < 4.78 is 20.1. The van der Waals surface area contributed by atoms with Gasteiger partial charge >= 0.3 is 31.4 Å². The highest BCUT2D eigenvalue weighted by molar-refractivity contribution is 6.25. The van der Waals surface area contributed by atoms with Gasteiger partial charge in [-0.1, -0.05) is 0 Å². The van der Waals surface area contributed by atoms with Gasteiger partial charge in [0.15, 0.2) is 12.5 Å². The van der Waals surface area contributed by atoms with E-state index in [4.69, 9.17) is 18.3 Å². The smallest absolute Gasteiger partial charge is 0.311 e. The van der Waals surface area contributed by atoms with Crippen LogP contribution in [0.3, 0.4) is 0 Å². The van der Waals surface area contributed by atoms with Crippen LogP contribution in [0.2, 0.25) is 13.1 Å². The van der Waals surface area contributed by atoms with E-state index in [1.807, 2.05) is 13.1 Å². The third kappa shape index (κ3) is 2.63. The summed E-state index contributed by atoms with van der Waals surface area (Å²) in [4.78, 5) is 0. The Kier molecular flexibility index (Phi) is 3.75. The van der Waals surface area contributed by atoms with Crippen molar-refractivity contribution in [3.63, 3.8) is 0 Å². The molecule has 1 heterocycles. The molecule has 0 fully saturated rings. The Labute approximate surface area is 76.0 Å². The molecule has 1 aliphatic rings. The normalized spacial score (nSPS) is 15.2. The second-order valence-electron chi connectivity index (χ2n) is 1.72. The van der Waals surface area contributed by atoms with Gasteiger partial charge in [0, 0.05) is 0 Å². The van der Waals surface area contributed by atoms with E-state index in [1.165, 1.54) is 12.5 Å². The molecule has 0 N–H and O–H groups in total. The lowest BCUT2D eigenvalue weighted by molar-refractivity contribution is 0.0848. The molecule has 1 rings (SSSR count). The molecule has 0 amide bonds. The van der Waals surface area contributed by atoms with Crippen LogP contribution >= 0.6 is 0 Å². The third-order valence-corrected chi connectivity index (χ3v) is 1.76. The molecule has 64 valence electrons. The molecule has 1 aliphatic heterocycles. The van der Waals surface area contributed by atoms with Gasteiger partial charge in [-0.05, 0) is 13.1 Å². The predicted molar refractivity (Wildman–Crippen MR) is 43.7 cm³/mol. The molecule has 0 spiro atoms. The Bertz CT molecular complexity index is 180. The molecule has 4 radical (unpaired) electrons. The van der Waals surface area contributed by atoms with Crippen molar-refractivity contribution in [2.24, 2.45) is 0 Å². The van der Waals surface area contributed by atoms with Gasteiger partial charge in [0.2, 0.25) is 0 Å². The van der Waals surface area contributed by atoms with Crippen LogP contribution in [0.25, 0.3) is 0 Å². The van der Waals surface area contributed by atoms with Crippen LogP contribution in [0.1, 0.15) is 0 Å². The Hall–Kier alpha value is -0.886. The van der Waals surface area contributed by atoms with Crippen molar-refractivity contribution in [1.29, 1.82) is 0 Å². The fraction of sp³-hybridized carbons (Fsp3) is 0.333. The van der Waals surface area contributed by atoms with Crippen LogP contribution in [-0.2, 0) is 18.3 Å². The molecule has 0 aromatic carbocycles. The number of hydrogen-bond acceptors (Lipinski definition) is 4. The summed E-state index contributed by atoms with van der Waals surface area (Å²) in [6.07, 6.45) is 2.76. The number of ether oxygens (including phenoxy) is 2. The molecule has 0 bridgehead atoms. The third-order valence-electron chi connectivity index (χ3n) is 0.948. The minimum absolute atomic E-state index is 0.340. The maximum atomic E-state index is 5.05. The largest absolute Gasteiger partial charge is 0.514 e. The summed E-state index contributed by atoms with van der Waals surface area (Å²) in [6, 6.07) is 0. The van der Waals surface area contributed by atoms with Crippen LogP contribution in [0.15, 0.2) is 24.4 Å². The lowest BCUT2D eigenvalue weighted by Gasteiger charge is -2.14. The first-order chi connectivity index (χ1) is 5.86. The monoisotopic (exact) mass is 200 g/mol. The van der Waals surface area contributed by atoms with Gasteiger partial charge in [0.25, 0.3) is 0 Å². The van der Waals surface area contributed by atoms with Crippen LogP contribution in [0, 0.1) is 0 Å². The van der Waals surface area contributed by atoms with Crippen molar-refractivity contribution >= 4 is 19.5 Å². The van der Waals surface area contributed by atoms with Gasteiger partial charge in [-0.15, -0.1) is 0 Å². The van der Waals surface area contributed by atoms with Crippen molar-refractivity contribution in [2.45, 2.75) is 13.1 Å². The summed E-state index contributed by atoms with van der Waals surface area (Å²) >= 11 is 0. The van der Waals surface area contributed by atoms with E-state index in [2.05, 4.69) is 0 Å². The lowest BCUT2D eigenvalue weighted by Crippen LogP contribution is -2.05. The molecule has 4 nitrogen and oxygen atoms in total. The average Bonchev–Trinajstić information content (AvgIpc) is 2.09. The van der Waals surface area contributed by atoms with Gasteiger partial charge in [-0.2, -0.15) is 0 Å². The summed E-state index contributed by atoms with van der Waals surface area (Å²) in [7, 11) is 0.680. The van der Waals surface area contributed by atoms with E-state index in [-0.39, 0.29) is 0 Å². The lowest BCUT2D eigenvalue weighted by atomic mass is 10.8. The van der Waals surface area contributed by atoms with E-state index in [9.17, 15) is 0 Å². The highest BCUT2D eigenvalue weighted by Gasteiger charge is 2.08. The molecule has 12 heavy (non-hydrogen) atoms. The van der Waals surface area contributed by atoms with Crippen molar-refractivity contribution in [3.8, 4) is 0 Å². The summed E-state index contributed by atoms with van der Waals surface area (Å²) in [6.45, 7) is 3.79. The summed E-state index contributed by atoms with van der Waals surface area (Å²) in [5, 5.41) is 0. The first-order valence-corrected chi connectivity index (χ1v) is 6.09. The molecule has 0 aromatic rings. The molecule has 0 unspecified atom stereocenters. The molecule has 0 atom stereocenters. The SMILES string of the molecule is C[Si]OC1=COC(O[Si]C)=CO1. The highest BCUT2D eigenvalue weighted by atomic mass is 28.2. The van der Waals surface area contributed by atoms with Gasteiger partial charge in [0.05, 0.1) is 0 Å². The number of rotatable bonds is 4. The van der Waals surface area contributed by atoms with Gasteiger partial charge < -0.3 is 18.3 Å². The van der Waals surface area contributed by atoms with E-state index >= 15 is 0 Å². The van der Waals surface area contributed by atoms with E-state index in [0.29, 0.717) is 31.4 Å². The zero-order chi connectivity index (χ0) is 8.81. The van der Waals surface area contributed by atoms with Crippen LogP contribution < -0.4 is 0 Å². The van der Waals surface area contributed by atoms with Gasteiger partial charge in [-0.25, -0.2) is 0 Å². The standard InChI is InChI=1S/C6H8O4Si2/c1-11-9-5-3-8-6(4-7-5)10-12-2/h3-4H,1-2H3. The molecular formula is C6H8O4Si2. The summed E-state index contributed by atoms with van der Waals surface area (Å²) in [5.41, 5.74) is 0. The van der Waals surface area contributed by atoms with E-state index in [0.717, 1.165) is 0 Å². The fourth-order valence-electron chi connectivity index (χ4n) is 0.565. The quantitative estimate of drug-likeness (QED) is 0.634. The van der Waals surface area contributed by atoms with Gasteiger partial charge in [-0.3, -0.25) is 0 Å². The Morgan fingerprint density at radius 3 is 1.67 bits per heavy atom. The number of hydrogen-bond donors (Lipinski definition) is 0. The van der Waals surface area contributed by atoms with Crippen LogP contribution in [0.5, 0.6) is 0 Å². The minimum atomic E-state index is 0.340.